The number of ether oxygens (including phenoxy) is 1. The summed E-state index contributed by atoms with van der Waals surface area (Å²) in [5, 5.41) is 12.5. The molecule has 0 aliphatic heterocycles. The van der Waals surface area contributed by atoms with E-state index in [4.69, 9.17) is 4.74 Å². The lowest BCUT2D eigenvalue weighted by atomic mass is 9.82. The van der Waals surface area contributed by atoms with Crippen LogP contribution in [0.2, 0.25) is 0 Å². The highest BCUT2D eigenvalue weighted by Gasteiger charge is 2.28. The SMILES string of the molecule is COCCNCc1ccc(N(C)CC2CC(O)C2)c(F)c1. The zero-order chi connectivity index (χ0) is 15.2. The fraction of sp³-hybridized carbons (Fsp3) is 0.625. The van der Waals surface area contributed by atoms with Crippen LogP contribution in [0.1, 0.15) is 18.4 Å². The minimum absolute atomic E-state index is 0.159. The topological polar surface area (TPSA) is 44.7 Å². The summed E-state index contributed by atoms with van der Waals surface area (Å²) in [6, 6.07) is 5.36. The van der Waals surface area contributed by atoms with E-state index in [0.29, 0.717) is 24.8 Å². The van der Waals surface area contributed by atoms with E-state index in [-0.39, 0.29) is 11.9 Å². The highest BCUT2D eigenvalue weighted by atomic mass is 19.1. The number of nitrogens with zero attached hydrogens (tertiary/aromatic N) is 1. The molecule has 0 radical (unpaired) electrons. The number of nitrogens with one attached hydrogen (secondary N) is 1. The zero-order valence-electron chi connectivity index (χ0n) is 12.8. The number of anilines is 1. The van der Waals surface area contributed by atoms with Crippen molar-refractivity contribution in [3.63, 3.8) is 0 Å². The molecule has 2 rings (SSSR count). The van der Waals surface area contributed by atoms with Gasteiger partial charge in [-0.25, -0.2) is 4.39 Å². The van der Waals surface area contributed by atoms with Gasteiger partial charge in [-0.3, -0.25) is 0 Å². The molecule has 4 nitrogen and oxygen atoms in total. The van der Waals surface area contributed by atoms with E-state index in [0.717, 1.165) is 31.5 Å². The van der Waals surface area contributed by atoms with Crippen molar-refractivity contribution >= 4 is 5.69 Å². The molecule has 5 heteroatoms. The Labute approximate surface area is 125 Å². The number of halogens is 1. The molecular weight excluding hydrogens is 271 g/mol. The smallest absolute Gasteiger partial charge is 0.146 e. The minimum Gasteiger partial charge on any atom is -0.393 e. The highest BCUT2D eigenvalue weighted by Crippen LogP contribution is 2.29. The second-order valence-corrected chi connectivity index (χ2v) is 5.83. The molecule has 1 aliphatic carbocycles. The van der Waals surface area contributed by atoms with E-state index in [1.165, 1.54) is 0 Å². The molecule has 1 fully saturated rings. The molecule has 1 aromatic carbocycles. The third kappa shape index (κ3) is 4.66. The molecule has 118 valence electrons. The Hall–Kier alpha value is -1.17. The molecule has 21 heavy (non-hydrogen) atoms. The lowest BCUT2D eigenvalue weighted by Gasteiger charge is -2.35. The molecule has 2 N–H and O–H groups in total. The Kier molecular flexibility index (Phi) is 5.96. The van der Waals surface area contributed by atoms with Gasteiger partial charge in [-0.15, -0.1) is 0 Å². The number of aliphatic hydroxyl groups is 1. The van der Waals surface area contributed by atoms with Gasteiger partial charge in [0.1, 0.15) is 5.82 Å². The summed E-state index contributed by atoms with van der Waals surface area (Å²) in [5.74, 6) is 0.281. The molecule has 0 amide bonds. The number of hydrogen-bond acceptors (Lipinski definition) is 4. The molecule has 1 aromatic rings. The van der Waals surface area contributed by atoms with Crippen molar-refractivity contribution < 1.29 is 14.2 Å². The molecule has 1 saturated carbocycles. The van der Waals surface area contributed by atoms with E-state index in [1.807, 2.05) is 24.1 Å². The number of aliphatic hydroxyl groups excluding tert-OH is 1. The first-order chi connectivity index (χ1) is 10.1. The van der Waals surface area contributed by atoms with Crippen LogP contribution in [-0.4, -0.2) is 45.1 Å². The number of hydrogen-bond donors (Lipinski definition) is 2. The van der Waals surface area contributed by atoms with Gasteiger partial charge in [-0.2, -0.15) is 0 Å². The normalized spacial score (nSPS) is 21.1. The van der Waals surface area contributed by atoms with Gasteiger partial charge in [0.2, 0.25) is 0 Å². The molecule has 0 unspecified atom stereocenters. The third-order valence-electron chi connectivity index (χ3n) is 3.98. The minimum atomic E-state index is -0.191. The van der Waals surface area contributed by atoms with Crippen LogP contribution in [0.5, 0.6) is 0 Å². The number of benzene rings is 1. The van der Waals surface area contributed by atoms with Crippen molar-refractivity contribution in [1.82, 2.24) is 5.32 Å². The molecule has 0 heterocycles. The molecule has 0 aromatic heterocycles. The van der Waals surface area contributed by atoms with Crippen molar-refractivity contribution in [2.75, 3.05) is 38.8 Å². The van der Waals surface area contributed by atoms with Crippen LogP contribution in [0.4, 0.5) is 10.1 Å². The predicted molar refractivity (Wildman–Crippen MR) is 82.0 cm³/mol. The third-order valence-corrected chi connectivity index (χ3v) is 3.98. The zero-order valence-corrected chi connectivity index (χ0v) is 12.8. The maximum absolute atomic E-state index is 14.2. The molecule has 0 bridgehead atoms. The summed E-state index contributed by atoms with van der Waals surface area (Å²) in [6.45, 7) is 2.83. The Bertz CT molecular complexity index is 450. The van der Waals surface area contributed by atoms with Crippen molar-refractivity contribution in [2.45, 2.75) is 25.5 Å². The van der Waals surface area contributed by atoms with Gasteiger partial charge in [0, 0.05) is 33.8 Å². The Morgan fingerprint density at radius 3 is 2.81 bits per heavy atom. The van der Waals surface area contributed by atoms with Crippen LogP contribution in [0.25, 0.3) is 0 Å². The molecule has 0 spiro atoms. The van der Waals surface area contributed by atoms with Gasteiger partial charge in [-0.1, -0.05) is 6.07 Å². The second kappa shape index (κ2) is 7.73. The van der Waals surface area contributed by atoms with Crippen molar-refractivity contribution in [1.29, 1.82) is 0 Å². The first kappa shape index (κ1) is 16.2. The molecule has 0 saturated heterocycles. The van der Waals surface area contributed by atoms with Crippen LogP contribution in [-0.2, 0) is 11.3 Å². The molecule has 1 aliphatic rings. The van der Waals surface area contributed by atoms with E-state index in [1.54, 1.807) is 13.2 Å². The first-order valence-electron chi connectivity index (χ1n) is 7.47. The highest BCUT2D eigenvalue weighted by molar-refractivity contribution is 5.48. The summed E-state index contributed by atoms with van der Waals surface area (Å²) in [4.78, 5) is 1.94. The predicted octanol–water partition coefficient (Wildman–Crippen LogP) is 1.77. The Balaban J connectivity index is 1.85. The monoisotopic (exact) mass is 296 g/mol. The number of methoxy groups -OCH3 is 1. The van der Waals surface area contributed by atoms with Crippen molar-refractivity contribution in [3.8, 4) is 0 Å². The van der Waals surface area contributed by atoms with Gasteiger partial charge in [0.15, 0.2) is 0 Å². The van der Waals surface area contributed by atoms with Crippen LogP contribution >= 0.6 is 0 Å². The van der Waals surface area contributed by atoms with Gasteiger partial charge in [0.25, 0.3) is 0 Å². The standard InChI is InChI=1S/C16H25FN2O2/c1-19(11-13-7-14(20)8-13)16-4-3-12(9-15(16)17)10-18-5-6-21-2/h3-4,9,13-14,18,20H,5-8,10-11H2,1-2H3. The Morgan fingerprint density at radius 2 is 2.19 bits per heavy atom. The fourth-order valence-electron chi connectivity index (χ4n) is 2.71. The summed E-state index contributed by atoms with van der Waals surface area (Å²) >= 11 is 0. The van der Waals surface area contributed by atoms with Crippen LogP contribution < -0.4 is 10.2 Å². The first-order valence-corrected chi connectivity index (χ1v) is 7.47. The molecule has 0 atom stereocenters. The second-order valence-electron chi connectivity index (χ2n) is 5.83. The van der Waals surface area contributed by atoms with Crippen LogP contribution in [0.3, 0.4) is 0 Å². The number of rotatable bonds is 8. The average molecular weight is 296 g/mol. The van der Waals surface area contributed by atoms with Crippen molar-refractivity contribution in [3.05, 3.63) is 29.6 Å². The van der Waals surface area contributed by atoms with Crippen molar-refractivity contribution in [2.24, 2.45) is 5.92 Å². The van der Waals surface area contributed by atoms with E-state index in [2.05, 4.69) is 5.32 Å². The maximum Gasteiger partial charge on any atom is 0.146 e. The quantitative estimate of drug-likeness (QED) is 0.718. The lowest BCUT2D eigenvalue weighted by molar-refractivity contribution is 0.0464. The van der Waals surface area contributed by atoms with Crippen LogP contribution in [0, 0.1) is 11.7 Å². The summed E-state index contributed by atoms with van der Waals surface area (Å²) in [6.07, 6.45) is 1.50. The largest absolute Gasteiger partial charge is 0.393 e. The fourth-order valence-corrected chi connectivity index (χ4v) is 2.71. The summed E-state index contributed by atoms with van der Waals surface area (Å²) in [7, 11) is 3.56. The van der Waals surface area contributed by atoms with Gasteiger partial charge >= 0.3 is 0 Å². The van der Waals surface area contributed by atoms with Gasteiger partial charge < -0.3 is 20.1 Å². The van der Waals surface area contributed by atoms with Gasteiger partial charge in [-0.05, 0) is 36.5 Å². The summed E-state index contributed by atoms with van der Waals surface area (Å²) in [5.41, 5.74) is 1.55. The van der Waals surface area contributed by atoms with Crippen LogP contribution in [0.15, 0.2) is 18.2 Å². The maximum atomic E-state index is 14.2. The average Bonchev–Trinajstić information content (AvgIpc) is 2.42. The molecular formula is C16H25FN2O2. The van der Waals surface area contributed by atoms with Gasteiger partial charge in [0.05, 0.1) is 18.4 Å². The lowest BCUT2D eigenvalue weighted by Crippen LogP contribution is -2.37. The van der Waals surface area contributed by atoms with E-state index < -0.39 is 0 Å². The summed E-state index contributed by atoms with van der Waals surface area (Å²) < 4.78 is 19.1. The Morgan fingerprint density at radius 1 is 1.43 bits per heavy atom. The van der Waals surface area contributed by atoms with E-state index >= 15 is 0 Å². The van der Waals surface area contributed by atoms with E-state index in [9.17, 15) is 9.50 Å².